The molecule has 3 N–H and O–H groups in total. The van der Waals surface area contributed by atoms with Crippen molar-refractivity contribution in [1.29, 1.82) is 0 Å². The monoisotopic (exact) mass is 352 g/mol. The lowest BCUT2D eigenvalue weighted by Gasteiger charge is -2.29. The van der Waals surface area contributed by atoms with Crippen LogP contribution in [0.1, 0.15) is 25.7 Å². The lowest BCUT2D eigenvalue weighted by Crippen LogP contribution is -2.41. The Hall–Kier alpha value is -1.95. The molecular weight excluding hydrogens is 328 g/mol. The molecule has 2 rings (SSSR count). The Kier molecular flexibility index (Phi) is 5.94. The minimum Gasteiger partial charge on any atom is -0.495 e. The SMILES string of the molecule is COc1ccc(NC(N)=NCC2(C(=O)N(C)C)CCCC2)cc1Cl. The van der Waals surface area contributed by atoms with Gasteiger partial charge in [0.2, 0.25) is 5.91 Å². The van der Waals surface area contributed by atoms with Crippen molar-refractivity contribution in [3.8, 4) is 5.75 Å². The van der Waals surface area contributed by atoms with Crippen LogP contribution in [0.3, 0.4) is 0 Å². The molecule has 7 heteroatoms. The highest BCUT2D eigenvalue weighted by Gasteiger charge is 2.41. The molecule has 0 radical (unpaired) electrons. The Bertz CT molecular complexity index is 625. The van der Waals surface area contributed by atoms with Crippen LogP contribution in [0.15, 0.2) is 23.2 Å². The van der Waals surface area contributed by atoms with Crippen LogP contribution in [0, 0.1) is 5.41 Å². The van der Waals surface area contributed by atoms with Crippen molar-refractivity contribution >= 4 is 29.2 Å². The predicted molar refractivity (Wildman–Crippen MR) is 97.7 cm³/mol. The molecule has 24 heavy (non-hydrogen) atoms. The van der Waals surface area contributed by atoms with Gasteiger partial charge in [-0.25, -0.2) is 0 Å². The molecular formula is C17H25ClN4O2. The molecule has 1 aromatic rings. The molecule has 1 saturated carbocycles. The lowest BCUT2D eigenvalue weighted by atomic mass is 9.85. The number of methoxy groups -OCH3 is 1. The number of carbonyl (C=O) groups is 1. The zero-order valence-corrected chi connectivity index (χ0v) is 15.2. The highest BCUT2D eigenvalue weighted by Crippen LogP contribution is 2.39. The molecule has 0 aromatic heterocycles. The van der Waals surface area contributed by atoms with Crippen molar-refractivity contribution in [2.24, 2.45) is 16.1 Å². The number of nitrogens with two attached hydrogens (primary N) is 1. The molecule has 0 aliphatic heterocycles. The second-order valence-electron chi connectivity index (χ2n) is 6.36. The van der Waals surface area contributed by atoms with Crippen LogP contribution in [0.5, 0.6) is 5.75 Å². The molecule has 1 fully saturated rings. The van der Waals surface area contributed by atoms with Crippen molar-refractivity contribution in [3.05, 3.63) is 23.2 Å². The van der Waals surface area contributed by atoms with E-state index in [1.807, 2.05) is 6.07 Å². The first-order valence-electron chi connectivity index (χ1n) is 8.00. The zero-order chi connectivity index (χ0) is 17.7. The number of hydrogen-bond donors (Lipinski definition) is 2. The summed E-state index contributed by atoms with van der Waals surface area (Å²) in [6, 6.07) is 5.29. The molecule has 0 heterocycles. The number of ether oxygens (including phenoxy) is 1. The van der Waals surface area contributed by atoms with E-state index >= 15 is 0 Å². The van der Waals surface area contributed by atoms with E-state index in [0.717, 1.165) is 31.4 Å². The van der Waals surface area contributed by atoms with Crippen LogP contribution in [-0.4, -0.2) is 44.5 Å². The highest BCUT2D eigenvalue weighted by molar-refractivity contribution is 6.32. The molecule has 132 valence electrons. The average Bonchev–Trinajstić information content (AvgIpc) is 3.02. The number of amides is 1. The fourth-order valence-electron chi connectivity index (χ4n) is 3.13. The summed E-state index contributed by atoms with van der Waals surface area (Å²) in [4.78, 5) is 18.6. The number of nitrogens with one attached hydrogen (secondary N) is 1. The summed E-state index contributed by atoms with van der Waals surface area (Å²) in [6.45, 7) is 0.396. The van der Waals surface area contributed by atoms with E-state index in [-0.39, 0.29) is 11.9 Å². The minimum absolute atomic E-state index is 0.129. The summed E-state index contributed by atoms with van der Waals surface area (Å²) >= 11 is 6.10. The average molecular weight is 353 g/mol. The quantitative estimate of drug-likeness (QED) is 0.630. The Morgan fingerprint density at radius 3 is 2.62 bits per heavy atom. The van der Waals surface area contributed by atoms with E-state index in [4.69, 9.17) is 22.1 Å². The van der Waals surface area contributed by atoms with Crippen LogP contribution < -0.4 is 15.8 Å². The van der Waals surface area contributed by atoms with Gasteiger partial charge < -0.3 is 20.7 Å². The summed E-state index contributed by atoms with van der Waals surface area (Å²) in [5.74, 6) is 0.998. The van der Waals surface area contributed by atoms with Gasteiger partial charge in [0.05, 0.1) is 24.1 Å². The van der Waals surface area contributed by atoms with Gasteiger partial charge in [-0.2, -0.15) is 0 Å². The third kappa shape index (κ3) is 4.12. The molecule has 0 spiro atoms. The molecule has 6 nitrogen and oxygen atoms in total. The van der Waals surface area contributed by atoms with Crippen molar-refractivity contribution in [2.75, 3.05) is 33.1 Å². The molecule has 1 aliphatic rings. The number of rotatable bonds is 5. The van der Waals surface area contributed by atoms with Gasteiger partial charge in [0.1, 0.15) is 5.75 Å². The number of anilines is 1. The maximum absolute atomic E-state index is 12.5. The zero-order valence-electron chi connectivity index (χ0n) is 14.4. The first-order chi connectivity index (χ1) is 11.4. The fraction of sp³-hybridized carbons (Fsp3) is 0.529. The van der Waals surface area contributed by atoms with Gasteiger partial charge in [-0.15, -0.1) is 0 Å². The van der Waals surface area contributed by atoms with E-state index in [9.17, 15) is 4.79 Å². The van der Waals surface area contributed by atoms with Crippen LogP contribution in [0.25, 0.3) is 0 Å². The normalized spacial score (nSPS) is 16.8. The number of halogens is 1. The van der Waals surface area contributed by atoms with Crippen molar-refractivity contribution in [2.45, 2.75) is 25.7 Å². The fourth-order valence-corrected chi connectivity index (χ4v) is 3.39. The lowest BCUT2D eigenvalue weighted by molar-refractivity contribution is -0.138. The van der Waals surface area contributed by atoms with Gasteiger partial charge in [-0.1, -0.05) is 24.4 Å². The van der Waals surface area contributed by atoms with E-state index < -0.39 is 5.41 Å². The van der Waals surface area contributed by atoms with Gasteiger partial charge in [-0.05, 0) is 31.0 Å². The number of carbonyl (C=O) groups excluding carboxylic acids is 1. The number of hydrogen-bond acceptors (Lipinski definition) is 3. The first-order valence-corrected chi connectivity index (χ1v) is 8.38. The smallest absolute Gasteiger partial charge is 0.230 e. The third-order valence-electron chi connectivity index (χ3n) is 4.40. The van der Waals surface area contributed by atoms with Gasteiger partial charge in [0, 0.05) is 19.8 Å². The molecule has 0 unspecified atom stereocenters. The molecule has 0 saturated heterocycles. The molecule has 1 amide bonds. The molecule has 0 bridgehead atoms. The standard InChI is InChI=1S/C17H25ClN4O2/c1-22(2)15(23)17(8-4-5-9-17)11-20-16(19)21-12-6-7-14(24-3)13(18)10-12/h6-7,10H,4-5,8-9,11H2,1-3H3,(H3,19,20,21). The van der Waals surface area contributed by atoms with Crippen molar-refractivity contribution in [1.82, 2.24) is 4.90 Å². The first kappa shape index (κ1) is 18.4. The van der Waals surface area contributed by atoms with E-state index in [1.165, 1.54) is 0 Å². The highest BCUT2D eigenvalue weighted by atomic mass is 35.5. The second-order valence-corrected chi connectivity index (χ2v) is 6.77. The van der Waals surface area contributed by atoms with Gasteiger partial charge in [-0.3, -0.25) is 9.79 Å². The van der Waals surface area contributed by atoms with E-state index in [1.54, 1.807) is 38.2 Å². The number of nitrogens with zero attached hydrogens (tertiary/aromatic N) is 2. The van der Waals surface area contributed by atoms with Crippen LogP contribution >= 0.6 is 11.6 Å². The summed E-state index contributed by atoms with van der Waals surface area (Å²) in [7, 11) is 5.13. The van der Waals surface area contributed by atoms with Crippen molar-refractivity contribution in [3.63, 3.8) is 0 Å². The Labute approximate surface area is 148 Å². The van der Waals surface area contributed by atoms with Gasteiger partial charge in [0.25, 0.3) is 0 Å². The maximum Gasteiger partial charge on any atom is 0.230 e. The van der Waals surface area contributed by atoms with Crippen LogP contribution in [0.4, 0.5) is 5.69 Å². The molecule has 1 aromatic carbocycles. The van der Waals surface area contributed by atoms with Crippen molar-refractivity contribution < 1.29 is 9.53 Å². The topological polar surface area (TPSA) is 80.0 Å². The Balaban J connectivity index is 2.07. The summed E-state index contributed by atoms with van der Waals surface area (Å²) in [5.41, 5.74) is 6.28. The number of guanidine groups is 1. The number of benzene rings is 1. The summed E-state index contributed by atoms with van der Waals surface area (Å²) < 4.78 is 5.12. The van der Waals surface area contributed by atoms with Crippen LogP contribution in [0.2, 0.25) is 5.02 Å². The predicted octanol–water partition coefficient (Wildman–Crippen LogP) is 2.72. The van der Waals surface area contributed by atoms with Gasteiger partial charge in [0.15, 0.2) is 5.96 Å². The van der Waals surface area contributed by atoms with Gasteiger partial charge >= 0.3 is 0 Å². The molecule has 0 atom stereocenters. The van der Waals surface area contributed by atoms with Crippen LogP contribution in [-0.2, 0) is 4.79 Å². The number of aliphatic imine (C=N–C) groups is 1. The summed E-state index contributed by atoms with van der Waals surface area (Å²) in [6.07, 6.45) is 3.82. The molecule has 1 aliphatic carbocycles. The largest absolute Gasteiger partial charge is 0.495 e. The summed E-state index contributed by atoms with van der Waals surface area (Å²) in [5, 5.41) is 3.50. The maximum atomic E-state index is 12.5. The Morgan fingerprint density at radius 1 is 1.42 bits per heavy atom. The Morgan fingerprint density at radius 2 is 2.08 bits per heavy atom. The third-order valence-corrected chi connectivity index (χ3v) is 4.69. The second kappa shape index (κ2) is 7.75. The van der Waals surface area contributed by atoms with E-state index in [2.05, 4.69) is 10.3 Å². The minimum atomic E-state index is -0.423. The van der Waals surface area contributed by atoms with E-state index in [0.29, 0.717) is 17.3 Å².